The lowest BCUT2D eigenvalue weighted by molar-refractivity contribution is -0.128. The van der Waals surface area contributed by atoms with Crippen LogP contribution < -0.4 is 5.32 Å². The number of esters is 1. The van der Waals surface area contributed by atoms with Crippen LogP contribution in [0.25, 0.3) is 0 Å². The van der Waals surface area contributed by atoms with Crippen molar-refractivity contribution in [2.24, 2.45) is 0 Å². The minimum Gasteiger partial charge on any atom is -0.449 e. The molecule has 0 heterocycles. The average molecular weight is 325 g/mol. The number of hydrogen-bond donors (Lipinski definition) is 1. The Morgan fingerprint density at radius 1 is 1.32 bits per heavy atom. The Labute approximate surface area is 130 Å². The lowest BCUT2D eigenvalue weighted by Gasteiger charge is -2.12. The molecule has 1 N–H and O–H groups in total. The Kier molecular flexibility index (Phi) is 6.30. The lowest BCUT2D eigenvalue weighted by Crippen LogP contribution is -2.35. The number of carbonyl (C=O) groups excluding carboxylic acids is 2. The van der Waals surface area contributed by atoms with E-state index in [0.29, 0.717) is 12.1 Å². The summed E-state index contributed by atoms with van der Waals surface area (Å²) in [5, 5.41) is 2.52. The molecule has 1 amide bonds. The van der Waals surface area contributed by atoms with Crippen molar-refractivity contribution in [3.63, 3.8) is 0 Å². The van der Waals surface area contributed by atoms with Crippen LogP contribution in [0.4, 0.5) is 0 Å². The molecule has 0 aromatic heterocycles. The van der Waals surface area contributed by atoms with E-state index in [9.17, 15) is 18.0 Å². The molecule has 1 aromatic rings. The third kappa shape index (κ3) is 6.09. The summed E-state index contributed by atoms with van der Waals surface area (Å²) in [6, 6.07) is 6.02. The van der Waals surface area contributed by atoms with E-state index >= 15 is 0 Å². The number of benzene rings is 1. The van der Waals surface area contributed by atoms with Crippen LogP contribution in [-0.4, -0.2) is 39.2 Å². The number of sulfone groups is 1. The van der Waals surface area contributed by atoms with E-state index in [-0.39, 0.29) is 11.3 Å². The smallest absolute Gasteiger partial charge is 0.338 e. The maximum Gasteiger partial charge on any atom is 0.338 e. The molecule has 1 rings (SSSR count). The Morgan fingerprint density at radius 2 is 1.91 bits per heavy atom. The summed E-state index contributed by atoms with van der Waals surface area (Å²) < 4.78 is 27.4. The third-order valence-electron chi connectivity index (χ3n) is 2.69. The van der Waals surface area contributed by atoms with Crippen molar-refractivity contribution in [3.05, 3.63) is 48.0 Å². The van der Waals surface area contributed by atoms with Crippen LogP contribution in [0, 0.1) is 0 Å². The van der Waals surface area contributed by atoms with Gasteiger partial charge >= 0.3 is 5.97 Å². The highest BCUT2D eigenvalue weighted by Gasteiger charge is 2.18. The zero-order chi connectivity index (χ0) is 16.8. The Hall–Kier alpha value is -2.15. The van der Waals surface area contributed by atoms with Gasteiger partial charge in [-0.2, -0.15) is 0 Å². The normalized spacial score (nSPS) is 12.3. The van der Waals surface area contributed by atoms with Crippen molar-refractivity contribution in [1.29, 1.82) is 0 Å². The maximum atomic E-state index is 11.9. The SMILES string of the molecule is C=CCNC(=O)[C@H](C)OC(=O)c1ccc(CS(C)(=O)=O)cc1. The molecular formula is C15H19NO5S. The second kappa shape index (κ2) is 7.74. The van der Waals surface area contributed by atoms with Gasteiger partial charge in [-0.15, -0.1) is 6.58 Å². The molecule has 0 unspecified atom stereocenters. The average Bonchev–Trinajstić information content (AvgIpc) is 2.43. The van der Waals surface area contributed by atoms with Crippen molar-refractivity contribution in [2.75, 3.05) is 12.8 Å². The fraction of sp³-hybridized carbons (Fsp3) is 0.333. The van der Waals surface area contributed by atoms with Gasteiger partial charge in [-0.3, -0.25) is 4.79 Å². The van der Waals surface area contributed by atoms with Crippen molar-refractivity contribution in [2.45, 2.75) is 18.8 Å². The first-order chi connectivity index (χ1) is 10.2. The summed E-state index contributed by atoms with van der Waals surface area (Å²) in [4.78, 5) is 23.5. The van der Waals surface area contributed by atoms with Gasteiger partial charge in [-0.05, 0) is 24.6 Å². The van der Waals surface area contributed by atoms with Gasteiger partial charge in [0.25, 0.3) is 5.91 Å². The molecule has 0 bridgehead atoms. The number of ether oxygens (including phenoxy) is 1. The quantitative estimate of drug-likeness (QED) is 0.598. The van der Waals surface area contributed by atoms with E-state index in [2.05, 4.69) is 11.9 Å². The first-order valence-corrected chi connectivity index (χ1v) is 8.65. The lowest BCUT2D eigenvalue weighted by atomic mass is 10.1. The molecule has 0 aliphatic carbocycles. The standard InChI is InChI=1S/C15H19NO5S/c1-4-9-16-14(17)11(2)21-15(18)13-7-5-12(6-8-13)10-22(3,19)20/h4-8,11H,1,9-10H2,2-3H3,(H,16,17)/t11-/m0/s1. The summed E-state index contributed by atoms with van der Waals surface area (Å²) >= 11 is 0. The molecule has 6 nitrogen and oxygen atoms in total. The van der Waals surface area contributed by atoms with Crippen LogP contribution in [0.1, 0.15) is 22.8 Å². The van der Waals surface area contributed by atoms with E-state index < -0.39 is 27.8 Å². The third-order valence-corrected chi connectivity index (χ3v) is 3.55. The molecule has 0 radical (unpaired) electrons. The first kappa shape index (κ1) is 17.9. The molecule has 0 aliphatic heterocycles. The molecule has 0 fully saturated rings. The van der Waals surface area contributed by atoms with Gasteiger partial charge in [-0.1, -0.05) is 18.2 Å². The Morgan fingerprint density at radius 3 is 2.41 bits per heavy atom. The zero-order valence-electron chi connectivity index (χ0n) is 12.5. The monoisotopic (exact) mass is 325 g/mol. The topological polar surface area (TPSA) is 89.5 Å². The summed E-state index contributed by atoms with van der Waals surface area (Å²) in [6.45, 7) is 5.23. The van der Waals surface area contributed by atoms with Crippen LogP contribution in [0.3, 0.4) is 0 Å². The Bertz CT molecular complexity index is 649. The summed E-state index contributed by atoms with van der Waals surface area (Å²) in [7, 11) is -3.13. The number of hydrogen-bond acceptors (Lipinski definition) is 5. The van der Waals surface area contributed by atoms with Crippen LogP contribution >= 0.6 is 0 Å². The number of carbonyl (C=O) groups is 2. The number of nitrogens with one attached hydrogen (secondary N) is 1. The van der Waals surface area contributed by atoms with Crippen LogP contribution in [-0.2, 0) is 25.1 Å². The Balaban J connectivity index is 2.66. The van der Waals surface area contributed by atoms with E-state index in [4.69, 9.17) is 4.74 Å². The van der Waals surface area contributed by atoms with Crippen molar-refractivity contribution in [1.82, 2.24) is 5.32 Å². The summed E-state index contributed by atoms with van der Waals surface area (Å²) in [5.74, 6) is -1.16. The van der Waals surface area contributed by atoms with Crippen LogP contribution in [0.2, 0.25) is 0 Å². The van der Waals surface area contributed by atoms with Crippen LogP contribution in [0.15, 0.2) is 36.9 Å². The van der Waals surface area contributed by atoms with E-state index in [1.165, 1.54) is 25.1 Å². The van der Waals surface area contributed by atoms with Crippen LogP contribution in [0.5, 0.6) is 0 Å². The van der Waals surface area contributed by atoms with Crippen molar-refractivity contribution in [3.8, 4) is 0 Å². The minimum atomic E-state index is -3.13. The first-order valence-electron chi connectivity index (χ1n) is 6.59. The second-order valence-corrected chi connectivity index (χ2v) is 6.99. The number of amides is 1. The van der Waals surface area contributed by atoms with Crippen molar-refractivity contribution >= 4 is 21.7 Å². The molecule has 0 aliphatic rings. The minimum absolute atomic E-state index is 0.0946. The molecule has 120 valence electrons. The molecular weight excluding hydrogens is 306 g/mol. The van der Waals surface area contributed by atoms with Gasteiger partial charge in [0.15, 0.2) is 15.9 Å². The molecule has 7 heteroatoms. The van der Waals surface area contributed by atoms with Gasteiger partial charge in [-0.25, -0.2) is 13.2 Å². The molecule has 22 heavy (non-hydrogen) atoms. The van der Waals surface area contributed by atoms with E-state index in [1.807, 2.05) is 0 Å². The van der Waals surface area contributed by atoms with Gasteiger partial charge in [0.05, 0.1) is 11.3 Å². The highest BCUT2D eigenvalue weighted by atomic mass is 32.2. The van der Waals surface area contributed by atoms with Gasteiger partial charge in [0, 0.05) is 12.8 Å². The predicted octanol–water partition coefficient (Wildman–Crippen LogP) is 1.08. The van der Waals surface area contributed by atoms with Gasteiger partial charge in [0.2, 0.25) is 0 Å². The zero-order valence-corrected chi connectivity index (χ0v) is 13.4. The predicted molar refractivity (Wildman–Crippen MR) is 83.1 cm³/mol. The molecule has 1 aromatic carbocycles. The highest BCUT2D eigenvalue weighted by Crippen LogP contribution is 2.10. The van der Waals surface area contributed by atoms with Gasteiger partial charge < -0.3 is 10.1 Å². The second-order valence-electron chi connectivity index (χ2n) is 4.85. The van der Waals surface area contributed by atoms with E-state index in [0.717, 1.165) is 6.26 Å². The fourth-order valence-electron chi connectivity index (χ4n) is 1.64. The van der Waals surface area contributed by atoms with E-state index in [1.54, 1.807) is 12.1 Å². The number of rotatable bonds is 7. The molecule has 0 spiro atoms. The molecule has 0 saturated heterocycles. The fourth-order valence-corrected chi connectivity index (χ4v) is 2.44. The molecule has 1 atom stereocenters. The highest BCUT2D eigenvalue weighted by molar-refractivity contribution is 7.89. The summed E-state index contributed by atoms with van der Waals surface area (Å²) in [6.07, 6.45) is 1.73. The van der Waals surface area contributed by atoms with Crippen molar-refractivity contribution < 1.29 is 22.7 Å². The summed E-state index contributed by atoms with van der Waals surface area (Å²) in [5.41, 5.74) is 0.830. The molecule has 0 saturated carbocycles. The largest absolute Gasteiger partial charge is 0.449 e. The maximum absolute atomic E-state index is 11.9. The van der Waals surface area contributed by atoms with Gasteiger partial charge in [0.1, 0.15) is 0 Å².